The lowest BCUT2D eigenvalue weighted by Crippen LogP contribution is -2.67. The molecule has 3 fully saturated rings. The van der Waals surface area contributed by atoms with Crippen molar-refractivity contribution in [3.8, 4) is 23.0 Å². The minimum Gasteiger partial charge on any atom is -0.439 e. The van der Waals surface area contributed by atoms with E-state index in [1.807, 2.05) is 121 Å². The predicted molar refractivity (Wildman–Crippen MR) is 164 cm³/mol. The van der Waals surface area contributed by atoms with Crippen LogP contribution >= 0.6 is 16.8 Å². The van der Waals surface area contributed by atoms with Gasteiger partial charge < -0.3 is 18.1 Å². The largest absolute Gasteiger partial charge is 0.439 e. The van der Waals surface area contributed by atoms with Gasteiger partial charge >= 0.3 is 0 Å². The van der Waals surface area contributed by atoms with Gasteiger partial charge in [0, 0.05) is 6.16 Å². The highest BCUT2D eigenvalue weighted by atomic mass is 31.2. The van der Waals surface area contributed by atoms with Crippen molar-refractivity contribution in [2.24, 2.45) is 17.3 Å². The van der Waals surface area contributed by atoms with E-state index in [9.17, 15) is 0 Å². The van der Waals surface area contributed by atoms with Crippen LogP contribution in [0.15, 0.2) is 121 Å². The average molecular weight is 571 g/mol. The molecule has 3 unspecified atom stereocenters. The summed E-state index contributed by atoms with van der Waals surface area (Å²) in [7, 11) is -2.58. The van der Waals surface area contributed by atoms with E-state index in [4.69, 9.17) is 18.1 Å². The van der Waals surface area contributed by atoms with Crippen molar-refractivity contribution in [3.05, 3.63) is 121 Å². The van der Waals surface area contributed by atoms with Crippen molar-refractivity contribution in [1.82, 2.24) is 0 Å². The first-order chi connectivity index (χ1) is 19.5. The van der Waals surface area contributed by atoms with Crippen LogP contribution < -0.4 is 18.1 Å². The maximum absolute atomic E-state index is 6.85. The van der Waals surface area contributed by atoms with Gasteiger partial charge in [-0.3, -0.25) is 0 Å². The normalized spacial score (nSPS) is 22.8. The third-order valence-electron chi connectivity index (χ3n) is 8.69. The van der Waals surface area contributed by atoms with Gasteiger partial charge in [0.25, 0.3) is 16.8 Å². The van der Waals surface area contributed by atoms with E-state index in [1.54, 1.807) is 0 Å². The molecule has 0 heterocycles. The van der Waals surface area contributed by atoms with E-state index in [2.05, 4.69) is 13.8 Å². The molecule has 0 spiro atoms. The topological polar surface area (TPSA) is 36.9 Å². The van der Waals surface area contributed by atoms with E-state index in [0.29, 0.717) is 11.8 Å². The molecule has 0 N–H and O–H groups in total. The standard InChI is InChI=1S/C34H36O4P2/c1-33(2)27-23-24-28(26-39(35-29-15-7-3-8-16-29)36-30-17-9-4-10-18-30)34(33,25-27)40(37-31-19-11-5-12-20-31)38-32-21-13-6-14-22-32/h3-22,27-28H,23-26H2,1-2H3. The smallest absolute Gasteiger partial charge is 0.297 e. The van der Waals surface area contributed by atoms with Crippen LogP contribution in [0.3, 0.4) is 0 Å². The van der Waals surface area contributed by atoms with E-state index < -0.39 is 16.8 Å². The summed E-state index contributed by atoms with van der Waals surface area (Å²) in [6, 6.07) is 40.4. The van der Waals surface area contributed by atoms with Crippen molar-refractivity contribution in [2.75, 3.05) is 6.16 Å². The Labute approximate surface area is 240 Å². The molecule has 206 valence electrons. The summed E-state index contributed by atoms with van der Waals surface area (Å²) in [5.41, 5.74) is 0.0612. The molecule has 0 aromatic heterocycles. The predicted octanol–water partition coefficient (Wildman–Crippen LogP) is 10.1. The Hall–Kier alpha value is -3.06. The molecule has 4 aromatic carbocycles. The van der Waals surface area contributed by atoms with E-state index >= 15 is 0 Å². The first-order valence-electron chi connectivity index (χ1n) is 14.0. The first kappa shape index (κ1) is 27.1. The van der Waals surface area contributed by atoms with E-state index in [-0.39, 0.29) is 10.6 Å². The fraction of sp³-hybridized carbons (Fsp3) is 0.294. The Kier molecular flexibility index (Phi) is 8.01. The Morgan fingerprint density at radius 1 is 0.575 bits per heavy atom. The number of hydrogen-bond acceptors (Lipinski definition) is 4. The van der Waals surface area contributed by atoms with Gasteiger partial charge in [0.05, 0.1) is 5.16 Å². The van der Waals surface area contributed by atoms with Crippen LogP contribution in [0.1, 0.15) is 33.1 Å². The molecular formula is C34H36O4P2. The Morgan fingerprint density at radius 2 is 0.975 bits per heavy atom. The van der Waals surface area contributed by atoms with Crippen molar-refractivity contribution < 1.29 is 18.1 Å². The van der Waals surface area contributed by atoms with Gasteiger partial charge in [-0.2, -0.15) is 0 Å². The fourth-order valence-electron chi connectivity index (χ4n) is 6.42. The number of fused-ring (bicyclic) bond motifs is 2. The number of hydrogen-bond donors (Lipinski definition) is 0. The quantitative estimate of drug-likeness (QED) is 0.168. The monoisotopic (exact) mass is 570 g/mol. The SMILES string of the molecule is CC1(C)C2CCC(CP(Oc3ccccc3)Oc3ccccc3)C1(P(Oc1ccccc1)Oc1ccccc1)C2. The number of benzene rings is 4. The van der Waals surface area contributed by atoms with Gasteiger partial charge in [-0.1, -0.05) is 86.6 Å². The van der Waals surface area contributed by atoms with Crippen molar-refractivity contribution in [3.63, 3.8) is 0 Å². The van der Waals surface area contributed by atoms with Crippen LogP contribution in [0, 0.1) is 17.3 Å². The minimum atomic E-state index is -1.32. The molecule has 7 rings (SSSR count). The fourth-order valence-corrected chi connectivity index (χ4v) is 10.8. The van der Waals surface area contributed by atoms with Gasteiger partial charge in [-0.05, 0) is 85.0 Å². The van der Waals surface area contributed by atoms with Crippen LogP contribution in [0.5, 0.6) is 23.0 Å². The molecule has 4 nitrogen and oxygen atoms in total. The van der Waals surface area contributed by atoms with Gasteiger partial charge in [-0.25, -0.2) is 0 Å². The van der Waals surface area contributed by atoms with E-state index in [1.165, 1.54) is 6.42 Å². The number of para-hydroxylation sites is 4. The molecule has 2 bridgehead atoms. The van der Waals surface area contributed by atoms with Crippen molar-refractivity contribution in [1.29, 1.82) is 0 Å². The lowest BCUT2D eigenvalue weighted by atomic mass is 9.45. The summed E-state index contributed by atoms with van der Waals surface area (Å²) in [6.07, 6.45) is 4.22. The summed E-state index contributed by atoms with van der Waals surface area (Å²) >= 11 is 0. The van der Waals surface area contributed by atoms with Gasteiger partial charge in [0.2, 0.25) is 0 Å². The summed E-state index contributed by atoms with van der Waals surface area (Å²) in [4.78, 5) is 0. The third-order valence-corrected chi connectivity index (χ3v) is 12.8. The molecular weight excluding hydrogens is 534 g/mol. The van der Waals surface area contributed by atoms with Crippen molar-refractivity contribution in [2.45, 2.75) is 38.3 Å². The molecule has 3 aliphatic rings. The van der Waals surface area contributed by atoms with Gasteiger partial charge in [-0.15, -0.1) is 0 Å². The molecule has 6 heteroatoms. The molecule has 0 saturated heterocycles. The van der Waals surface area contributed by atoms with Crippen LogP contribution in [0.2, 0.25) is 0 Å². The molecule has 0 radical (unpaired) electrons. The molecule has 0 aliphatic heterocycles. The second-order valence-corrected chi connectivity index (χ2v) is 14.3. The number of rotatable bonds is 11. The van der Waals surface area contributed by atoms with E-state index in [0.717, 1.165) is 42.0 Å². The highest BCUT2D eigenvalue weighted by molar-refractivity contribution is 7.50. The molecule has 40 heavy (non-hydrogen) atoms. The van der Waals surface area contributed by atoms with Gasteiger partial charge in [0.1, 0.15) is 23.0 Å². The zero-order valence-corrected chi connectivity index (χ0v) is 24.8. The van der Waals surface area contributed by atoms with Crippen molar-refractivity contribution >= 4 is 16.8 Å². The highest BCUT2D eigenvalue weighted by Crippen LogP contribution is 2.78. The van der Waals surface area contributed by atoms with Crippen LogP contribution in [0.4, 0.5) is 0 Å². The van der Waals surface area contributed by atoms with Gasteiger partial charge in [0.15, 0.2) is 0 Å². The molecule has 3 aliphatic carbocycles. The Bertz CT molecular complexity index is 1270. The molecule has 4 aromatic rings. The Balaban J connectivity index is 1.34. The summed E-state index contributed by atoms with van der Waals surface area (Å²) in [5, 5.41) is -0.141. The van der Waals surface area contributed by atoms with Crippen LogP contribution in [-0.4, -0.2) is 11.3 Å². The zero-order valence-electron chi connectivity index (χ0n) is 23.1. The molecule has 0 amide bonds. The third kappa shape index (κ3) is 5.45. The lowest BCUT2D eigenvalue weighted by Gasteiger charge is -2.69. The lowest BCUT2D eigenvalue weighted by molar-refractivity contribution is -0.0796. The second kappa shape index (κ2) is 11.8. The molecule has 3 saturated carbocycles. The summed E-state index contributed by atoms with van der Waals surface area (Å²) in [6.45, 7) is 4.84. The average Bonchev–Trinajstić information content (AvgIpc) is 2.99. The second-order valence-electron chi connectivity index (χ2n) is 11.2. The summed E-state index contributed by atoms with van der Waals surface area (Å²) < 4.78 is 26.9. The first-order valence-corrected chi connectivity index (χ1v) is 16.6. The Morgan fingerprint density at radius 3 is 1.38 bits per heavy atom. The highest BCUT2D eigenvalue weighted by Gasteiger charge is 2.72. The zero-order chi connectivity index (χ0) is 27.4. The van der Waals surface area contributed by atoms with Crippen LogP contribution in [0.25, 0.3) is 0 Å². The molecule has 3 atom stereocenters. The van der Waals surface area contributed by atoms with Crippen LogP contribution in [-0.2, 0) is 0 Å². The maximum atomic E-state index is 6.85. The summed E-state index contributed by atoms with van der Waals surface area (Å²) in [5.74, 6) is 4.36. The minimum absolute atomic E-state index is 0.0612. The maximum Gasteiger partial charge on any atom is 0.297 e.